The summed E-state index contributed by atoms with van der Waals surface area (Å²) in [5.41, 5.74) is 0.845. The third-order valence-electron chi connectivity index (χ3n) is 3.82. The van der Waals surface area contributed by atoms with Gasteiger partial charge in [0, 0.05) is 19.2 Å². The molecule has 1 aliphatic rings. The number of ether oxygens (including phenoxy) is 1. The van der Waals surface area contributed by atoms with Crippen molar-refractivity contribution in [1.82, 2.24) is 5.32 Å². The Morgan fingerprint density at radius 1 is 1.47 bits per heavy atom. The lowest BCUT2D eigenvalue weighted by molar-refractivity contribution is -0.138. The number of carboxylic acid groups (broad SMARTS) is 1. The first-order chi connectivity index (χ1) is 9.18. The van der Waals surface area contributed by atoms with Crippen molar-refractivity contribution in [1.29, 1.82) is 0 Å². The highest BCUT2D eigenvalue weighted by molar-refractivity contribution is 5.76. The fourth-order valence-corrected chi connectivity index (χ4v) is 2.45. The minimum atomic E-state index is -0.784. The molecule has 0 aromatic heterocycles. The van der Waals surface area contributed by atoms with E-state index in [1.165, 1.54) is 0 Å². The van der Waals surface area contributed by atoms with Crippen LogP contribution in [0.2, 0.25) is 0 Å². The summed E-state index contributed by atoms with van der Waals surface area (Å²) in [4.78, 5) is 11.4. The molecule has 0 amide bonds. The second kappa shape index (κ2) is 6.68. The second-order valence-corrected chi connectivity index (χ2v) is 5.12. The number of rotatable bonds is 6. The van der Waals surface area contributed by atoms with Gasteiger partial charge in [-0.2, -0.15) is 0 Å². The lowest BCUT2D eigenvalue weighted by Gasteiger charge is -2.22. The van der Waals surface area contributed by atoms with E-state index in [1.54, 1.807) is 0 Å². The molecule has 19 heavy (non-hydrogen) atoms. The van der Waals surface area contributed by atoms with Crippen LogP contribution in [0.25, 0.3) is 0 Å². The fraction of sp³-hybridized carbons (Fsp3) is 0.533. The highest BCUT2D eigenvalue weighted by Crippen LogP contribution is 2.19. The van der Waals surface area contributed by atoms with Gasteiger partial charge in [0.1, 0.15) is 0 Å². The van der Waals surface area contributed by atoms with Gasteiger partial charge in [-0.3, -0.25) is 4.79 Å². The molecule has 4 heteroatoms. The molecule has 1 heterocycles. The Morgan fingerprint density at radius 2 is 2.21 bits per heavy atom. The zero-order chi connectivity index (χ0) is 13.7. The SMILES string of the molecule is CC(NCC(C(=O)O)c1ccccc1)C1CCOC1. The zero-order valence-corrected chi connectivity index (χ0v) is 11.2. The normalized spacial score (nSPS) is 22.1. The van der Waals surface area contributed by atoms with Gasteiger partial charge in [-0.1, -0.05) is 30.3 Å². The fourth-order valence-electron chi connectivity index (χ4n) is 2.45. The molecule has 0 saturated carbocycles. The molecule has 0 radical (unpaired) electrons. The van der Waals surface area contributed by atoms with E-state index in [-0.39, 0.29) is 6.04 Å². The molecule has 0 spiro atoms. The predicted molar refractivity (Wildman–Crippen MR) is 73.2 cm³/mol. The minimum Gasteiger partial charge on any atom is -0.481 e. The Labute approximate surface area is 113 Å². The number of carboxylic acids is 1. The first-order valence-electron chi connectivity index (χ1n) is 6.77. The van der Waals surface area contributed by atoms with E-state index in [0.29, 0.717) is 12.5 Å². The van der Waals surface area contributed by atoms with Crippen LogP contribution in [0.1, 0.15) is 24.8 Å². The summed E-state index contributed by atoms with van der Waals surface area (Å²) in [6, 6.07) is 9.66. The number of nitrogens with one attached hydrogen (secondary N) is 1. The van der Waals surface area contributed by atoms with Crippen molar-refractivity contribution in [3.05, 3.63) is 35.9 Å². The Morgan fingerprint density at radius 3 is 2.79 bits per heavy atom. The van der Waals surface area contributed by atoms with Gasteiger partial charge in [-0.25, -0.2) is 0 Å². The molecule has 3 unspecified atom stereocenters. The van der Waals surface area contributed by atoms with Crippen molar-refractivity contribution >= 4 is 5.97 Å². The monoisotopic (exact) mass is 263 g/mol. The van der Waals surface area contributed by atoms with Crippen LogP contribution < -0.4 is 5.32 Å². The van der Waals surface area contributed by atoms with E-state index < -0.39 is 11.9 Å². The van der Waals surface area contributed by atoms with E-state index in [2.05, 4.69) is 12.2 Å². The van der Waals surface area contributed by atoms with E-state index in [9.17, 15) is 9.90 Å². The molecule has 2 N–H and O–H groups in total. The van der Waals surface area contributed by atoms with Crippen LogP contribution in [0, 0.1) is 5.92 Å². The lowest BCUT2D eigenvalue weighted by atomic mass is 9.96. The van der Waals surface area contributed by atoms with Gasteiger partial charge in [0.15, 0.2) is 0 Å². The highest BCUT2D eigenvalue weighted by Gasteiger charge is 2.25. The Kier molecular flexibility index (Phi) is 4.93. The molecular weight excluding hydrogens is 242 g/mol. The van der Waals surface area contributed by atoms with Crippen LogP contribution in [-0.4, -0.2) is 36.9 Å². The topological polar surface area (TPSA) is 58.6 Å². The molecule has 1 aromatic carbocycles. The maximum absolute atomic E-state index is 11.4. The standard InChI is InChI=1S/C15H21NO3/c1-11(13-7-8-19-10-13)16-9-14(15(17)18)12-5-3-2-4-6-12/h2-6,11,13-14,16H,7-10H2,1H3,(H,17,18). The van der Waals surface area contributed by atoms with Gasteiger partial charge in [0.2, 0.25) is 0 Å². The van der Waals surface area contributed by atoms with Crippen LogP contribution in [0.15, 0.2) is 30.3 Å². The van der Waals surface area contributed by atoms with Crippen molar-refractivity contribution in [3.8, 4) is 0 Å². The maximum Gasteiger partial charge on any atom is 0.312 e. The molecular formula is C15H21NO3. The second-order valence-electron chi connectivity index (χ2n) is 5.12. The molecule has 1 aliphatic heterocycles. The number of hydrogen-bond donors (Lipinski definition) is 2. The smallest absolute Gasteiger partial charge is 0.312 e. The van der Waals surface area contributed by atoms with Gasteiger partial charge < -0.3 is 15.2 Å². The van der Waals surface area contributed by atoms with Gasteiger partial charge in [0.05, 0.1) is 12.5 Å². The number of hydrogen-bond acceptors (Lipinski definition) is 3. The summed E-state index contributed by atoms with van der Waals surface area (Å²) in [5.74, 6) is -0.787. The molecule has 3 atom stereocenters. The molecule has 1 aromatic rings. The predicted octanol–water partition coefficient (Wildman–Crippen LogP) is 1.87. The summed E-state index contributed by atoms with van der Waals surface area (Å²) >= 11 is 0. The van der Waals surface area contributed by atoms with E-state index in [1.807, 2.05) is 30.3 Å². The molecule has 2 rings (SSSR count). The van der Waals surface area contributed by atoms with Crippen molar-refractivity contribution in [2.24, 2.45) is 5.92 Å². The summed E-state index contributed by atoms with van der Waals surface area (Å²) in [6.07, 6.45) is 1.05. The Balaban J connectivity index is 1.92. The minimum absolute atomic E-state index is 0.285. The molecule has 1 saturated heterocycles. The van der Waals surface area contributed by atoms with Gasteiger partial charge in [0.25, 0.3) is 0 Å². The summed E-state index contributed by atoms with van der Waals surface area (Å²) < 4.78 is 5.36. The van der Waals surface area contributed by atoms with Gasteiger partial charge >= 0.3 is 5.97 Å². The average molecular weight is 263 g/mol. The largest absolute Gasteiger partial charge is 0.481 e. The van der Waals surface area contributed by atoms with Gasteiger partial charge in [-0.15, -0.1) is 0 Å². The van der Waals surface area contributed by atoms with Crippen LogP contribution in [-0.2, 0) is 9.53 Å². The third kappa shape index (κ3) is 3.78. The number of aliphatic carboxylic acids is 1. The molecule has 1 fully saturated rings. The van der Waals surface area contributed by atoms with Crippen molar-refractivity contribution in [3.63, 3.8) is 0 Å². The van der Waals surface area contributed by atoms with Crippen molar-refractivity contribution in [2.45, 2.75) is 25.3 Å². The van der Waals surface area contributed by atoms with E-state index in [4.69, 9.17) is 4.74 Å². The van der Waals surface area contributed by atoms with Crippen LogP contribution in [0.3, 0.4) is 0 Å². The number of benzene rings is 1. The third-order valence-corrected chi connectivity index (χ3v) is 3.82. The molecule has 0 bridgehead atoms. The summed E-state index contributed by atoms with van der Waals surface area (Å²) in [5, 5.41) is 12.7. The molecule has 104 valence electrons. The number of carbonyl (C=O) groups is 1. The first kappa shape index (κ1) is 14.0. The quantitative estimate of drug-likeness (QED) is 0.822. The summed E-state index contributed by atoms with van der Waals surface area (Å²) in [6.45, 7) is 4.15. The van der Waals surface area contributed by atoms with Crippen LogP contribution in [0.4, 0.5) is 0 Å². The van der Waals surface area contributed by atoms with E-state index >= 15 is 0 Å². The van der Waals surface area contributed by atoms with Crippen molar-refractivity contribution < 1.29 is 14.6 Å². The molecule has 4 nitrogen and oxygen atoms in total. The lowest BCUT2D eigenvalue weighted by Crippen LogP contribution is -2.38. The van der Waals surface area contributed by atoms with Crippen LogP contribution in [0.5, 0.6) is 0 Å². The Hall–Kier alpha value is -1.39. The zero-order valence-electron chi connectivity index (χ0n) is 11.2. The van der Waals surface area contributed by atoms with Crippen molar-refractivity contribution in [2.75, 3.05) is 19.8 Å². The maximum atomic E-state index is 11.4. The van der Waals surface area contributed by atoms with E-state index in [0.717, 1.165) is 25.2 Å². The summed E-state index contributed by atoms with van der Waals surface area (Å²) in [7, 11) is 0. The van der Waals surface area contributed by atoms with Crippen LogP contribution >= 0.6 is 0 Å². The molecule has 0 aliphatic carbocycles. The van der Waals surface area contributed by atoms with Gasteiger partial charge in [-0.05, 0) is 24.8 Å². The average Bonchev–Trinajstić information content (AvgIpc) is 2.93. The first-order valence-corrected chi connectivity index (χ1v) is 6.77. The Bertz CT molecular complexity index is 401. The highest BCUT2D eigenvalue weighted by atomic mass is 16.5.